The van der Waals surface area contributed by atoms with Crippen molar-refractivity contribution in [1.82, 2.24) is 10.2 Å². The lowest BCUT2D eigenvalue weighted by molar-refractivity contribution is -0.137. The third kappa shape index (κ3) is 4.58. The van der Waals surface area contributed by atoms with Crippen LogP contribution >= 0.6 is 23.1 Å². The van der Waals surface area contributed by atoms with Crippen molar-refractivity contribution in [2.75, 3.05) is 10.2 Å². The molecule has 0 bridgehead atoms. The second-order valence-electron chi connectivity index (χ2n) is 11.2. The molecule has 1 amide bonds. The number of nitrogens with two attached hydrogens (primary N) is 1. The molecule has 0 saturated heterocycles. The number of amides is 1. The first-order valence-corrected chi connectivity index (χ1v) is 14.8. The van der Waals surface area contributed by atoms with Crippen LogP contribution in [0.5, 0.6) is 0 Å². The van der Waals surface area contributed by atoms with E-state index in [-0.39, 0.29) is 57.7 Å². The number of fused-ring (bicyclic) bond motifs is 3. The fourth-order valence-corrected chi connectivity index (χ4v) is 7.77. The first-order valence-electron chi connectivity index (χ1n) is 13.0. The van der Waals surface area contributed by atoms with E-state index in [2.05, 4.69) is 15.5 Å². The van der Waals surface area contributed by atoms with E-state index in [9.17, 15) is 32.4 Å². The summed E-state index contributed by atoms with van der Waals surface area (Å²) < 4.78 is 54.4. The Morgan fingerprint density at radius 1 is 1.16 bits per heavy atom. The van der Waals surface area contributed by atoms with E-state index >= 15 is 0 Å². The molecule has 1 aliphatic carbocycles. The van der Waals surface area contributed by atoms with Gasteiger partial charge in [0.1, 0.15) is 23.1 Å². The van der Waals surface area contributed by atoms with Crippen LogP contribution < -0.4 is 16.0 Å². The fourth-order valence-electron chi connectivity index (χ4n) is 5.94. The largest absolute Gasteiger partial charge is 0.416 e. The molecule has 0 radical (unpaired) electrons. The average Bonchev–Trinajstić information content (AvgIpc) is 3.49. The SMILES string of the molecule is CC1(C)CC(=O)C2=C(C1)N(c1nnc(SCc3cccc(C(F)(F)F)c3)s1)C(N)=C(C#N)[C@@]21C(=O)Nc2ccc(F)cc21. The third-order valence-electron chi connectivity index (χ3n) is 7.66. The van der Waals surface area contributed by atoms with Gasteiger partial charge in [0.15, 0.2) is 10.1 Å². The second kappa shape index (κ2) is 9.92. The molecule has 3 aromatic rings. The number of Topliss-reactive ketones (excluding diaryl/α,β-unsaturated/α-hetero) is 1. The predicted molar refractivity (Wildman–Crippen MR) is 152 cm³/mol. The van der Waals surface area contributed by atoms with E-state index < -0.39 is 34.3 Å². The van der Waals surface area contributed by atoms with Crippen LogP contribution in [0, 0.1) is 22.6 Å². The number of hydrogen-bond donors (Lipinski definition) is 2. The van der Waals surface area contributed by atoms with Crippen molar-refractivity contribution in [2.24, 2.45) is 11.1 Å². The second-order valence-corrected chi connectivity index (χ2v) is 13.4. The van der Waals surface area contributed by atoms with Crippen LogP contribution in [0.2, 0.25) is 0 Å². The van der Waals surface area contributed by atoms with Crippen molar-refractivity contribution < 1.29 is 27.2 Å². The van der Waals surface area contributed by atoms with Crippen LogP contribution in [0.3, 0.4) is 0 Å². The Morgan fingerprint density at radius 2 is 1.93 bits per heavy atom. The highest BCUT2D eigenvalue weighted by Gasteiger charge is 2.61. The van der Waals surface area contributed by atoms with Crippen LogP contribution in [0.4, 0.5) is 28.4 Å². The molecule has 220 valence electrons. The minimum absolute atomic E-state index is 0.0350. The number of anilines is 2. The number of nitrogens with zero attached hydrogens (tertiary/aromatic N) is 4. The predicted octanol–water partition coefficient (Wildman–Crippen LogP) is 6.04. The number of rotatable bonds is 4. The number of ketones is 1. The third-order valence-corrected chi connectivity index (χ3v) is 9.77. The maximum atomic E-state index is 14.6. The molecular weight excluding hydrogens is 604 g/mol. The summed E-state index contributed by atoms with van der Waals surface area (Å²) in [5.41, 5.74) is 4.38. The molecule has 3 heterocycles. The highest BCUT2D eigenvalue weighted by Crippen LogP contribution is 2.57. The average molecular weight is 627 g/mol. The Morgan fingerprint density at radius 3 is 2.65 bits per heavy atom. The highest BCUT2D eigenvalue weighted by atomic mass is 32.2. The number of nitrogens with one attached hydrogen (secondary N) is 1. The Labute approximate surface area is 251 Å². The number of carbonyl (C=O) groups is 2. The molecule has 1 spiro atoms. The van der Waals surface area contributed by atoms with Crippen molar-refractivity contribution in [1.29, 1.82) is 5.26 Å². The van der Waals surface area contributed by atoms with Crippen molar-refractivity contribution in [2.45, 2.75) is 48.4 Å². The maximum Gasteiger partial charge on any atom is 0.416 e. The lowest BCUT2D eigenvalue weighted by Crippen LogP contribution is -2.52. The van der Waals surface area contributed by atoms with Gasteiger partial charge in [0.2, 0.25) is 11.0 Å². The van der Waals surface area contributed by atoms with E-state index in [4.69, 9.17) is 5.73 Å². The van der Waals surface area contributed by atoms with Gasteiger partial charge in [0.05, 0.1) is 11.1 Å². The van der Waals surface area contributed by atoms with Crippen molar-refractivity contribution in [3.63, 3.8) is 0 Å². The highest BCUT2D eigenvalue weighted by molar-refractivity contribution is 8.00. The zero-order valence-electron chi connectivity index (χ0n) is 22.7. The standard InChI is InChI=1S/C29H22F4N6O2S2/c1-27(2)10-20-22(21(40)11-27)28(17-9-16(30)6-7-19(17)36-24(28)41)18(12-34)23(35)39(20)25-37-38-26(43-25)42-13-14-4-3-5-15(8-14)29(31,32)33/h3-9H,10-11,13,35H2,1-2H3,(H,36,41)/t28-/m1/s1. The molecule has 2 aliphatic heterocycles. The number of nitriles is 1. The molecule has 1 aromatic heterocycles. The quantitative estimate of drug-likeness (QED) is 0.266. The fraction of sp³-hybridized carbons (Fsp3) is 0.276. The number of carbonyl (C=O) groups excluding carboxylic acids is 2. The van der Waals surface area contributed by atoms with Gasteiger partial charge in [0.25, 0.3) is 0 Å². The van der Waals surface area contributed by atoms with Crippen LogP contribution in [-0.4, -0.2) is 21.9 Å². The van der Waals surface area contributed by atoms with Crippen LogP contribution in [0.1, 0.15) is 43.4 Å². The number of hydrogen-bond acceptors (Lipinski definition) is 9. The molecule has 2 aromatic carbocycles. The summed E-state index contributed by atoms with van der Waals surface area (Å²) in [4.78, 5) is 29.1. The Hall–Kier alpha value is -4.22. The van der Waals surface area contributed by atoms with Gasteiger partial charge in [-0.05, 0) is 41.7 Å². The normalized spacial score (nSPS) is 21.2. The topological polar surface area (TPSA) is 125 Å². The van der Waals surface area contributed by atoms with Gasteiger partial charge in [-0.2, -0.15) is 18.4 Å². The van der Waals surface area contributed by atoms with Gasteiger partial charge in [-0.25, -0.2) is 4.39 Å². The number of benzene rings is 2. The van der Waals surface area contributed by atoms with E-state index in [0.717, 1.165) is 29.5 Å². The van der Waals surface area contributed by atoms with Gasteiger partial charge < -0.3 is 11.1 Å². The molecule has 0 saturated carbocycles. The van der Waals surface area contributed by atoms with E-state index in [1.165, 1.54) is 34.9 Å². The zero-order chi connectivity index (χ0) is 30.9. The Kier molecular flexibility index (Phi) is 6.66. The summed E-state index contributed by atoms with van der Waals surface area (Å²) in [6.45, 7) is 3.77. The molecule has 3 N–H and O–H groups in total. The molecular formula is C29H22F4N6O2S2. The number of allylic oxidation sites excluding steroid dienone is 1. The number of halogens is 4. The van der Waals surface area contributed by atoms with Crippen LogP contribution in [0.15, 0.2) is 69.5 Å². The first-order chi connectivity index (χ1) is 20.3. The van der Waals surface area contributed by atoms with Crippen molar-refractivity contribution in [3.05, 3.63) is 87.6 Å². The van der Waals surface area contributed by atoms with Gasteiger partial charge in [-0.1, -0.05) is 55.1 Å². The summed E-state index contributed by atoms with van der Waals surface area (Å²) >= 11 is 2.24. The van der Waals surface area contributed by atoms with Crippen LogP contribution in [0.25, 0.3) is 0 Å². The number of thioether (sulfide) groups is 1. The molecule has 1 atom stereocenters. The van der Waals surface area contributed by atoms with E-state index in [0.29, 0.717) is 15.6 Å². The molecule has 0 fully saturated rings. The Balaban J connectivity index is 1.45. The van der Waals surface area contributed by atoms with E-state index in [1.54, 1.807) is 6.07 Å². The minimum Gasteiger partial charge on any atom is -0.384 e. The maximum absolute atomic E-state index is 14.6. The first kappa shape index (κ1) is 28.9. The number of aromatic nitrogens is 2. The van der Waals surface area contributed by atoms with Gasteiger partial charge in [-0.15, -0.1) is 10.2 Å². The summed E-state index contributed by atoms with van der Waals surface area (Å²) in [5.74, 6) is -1.68. The lowest BCUT2D eigenvalue weighted by atomic mass is 9.61. The van der Waals surface area contributed by atoms with E-state index in [1.807, 2.05) is 19.9 Å². The van der Waals surface area contributed by atoms with Gasteiger partial charge in [0, 0.05) is 34.7 Å². The van der Waals surface area contributed by atoms with Gasteiger partial charge >= 0.3 is 6.18 Å². The summed E-state index contributed by atoms with van der Waals surface area (Å²) in [7, 11) is 0. The molecule has 8 nitrogen and oxygen atoms in total. The molecule has 14 heteroatoms. The summed E-state index contributed by atoms with van der Waals surface area (Å²) in [5, 5.41) is 21.7. The van der Waals surface area contributed by atoms with Gasteiger partial charge in [-0.3, -0.25) is 14.5 Å². The molecule has 0 unspecified atom stereocenters. The molecule has 43 heavy (non-hydrogen) atoms. The molecule has 6 rings (SSSR count). The van der Waals surface area contributed by atoms with Crippen molar-refractivity contribution in [3.8, 4) is 6.07 Å². The zero-order valence-corrected chi connectivity index (χ0v) is 24.3. The van der Waals surface area contributed by atoms with Crippen LogP contribution in [-0.2, 0) is 26.9 Å². The lowest BCUT2D eigenvalue weighted by Gasteiger charge is -2.45. The minimum atomic E-state index is -4.47. The molecule has 3 aliphatic rings. The summed E-state index contributed by atoms with van der Waals surface area (Å²) in [6, 6.07) is 10.7. The number of alkyl halides is 3. The monoisotopic (exact) mass is 626 g/mol. The smallest absolute Gasteiger partial charge is 0.384 e. The Bertz CT molecular complexity index is 1820. The summed E-state index contributed by atoms with van der Waals surface area (Å²) in [6.07, 6.45) is -4.12. The van der Waals surface area contributed by atoms with Crippen molar-refractivity contribution >= 4 is 45.6 Å².